The molecule has 0 unspecified atom stereocenters. The van der Waals surface area contributed by atoms with Crippen molar-refractivity contribution in [3.8, 4) is 0 Å². The van der Waals surface area contributed by atoms with Crippen LogP contribution in [0.2, 0.25) is 0 Å². The first kappa shape index (κ1) is 12.7. The molecule has 0 N–H and O–H groups in total. The maximum absolute atomic E-state index is 12.9. The molecule has 1 aliphatic carbocycles. The third-order valence-electron chi connectivity index (χ3n) is 4.04. The van der Waals surface area contributed by atoms with Gasteiger partial charge < -0.3 is 0 Å². The lowest BCUT2D eigenvalue weighted by Crippen LogP contribution is -2.40. The summed E-state index contributed by atoms with van der Waals surface area (Å²) in [6.45, 7) is 1.43. The number of Topliss-reactive ketones (excluding diaryl/α,β-unsaturated/α-hetero) is 1. The van der Waals surface area contributed by atoms with E-state index in [4.69, 9.17) is 0 Å². The topological polar surface area (TPSA) is 54.5 Å². The summed E-state index contributed by atoms with van der Waals surface area (Å²) in [6.07, 6.45) is 1.51. The SMILES string of the molecule is CC(=O)[C@@H]1C2CC(C2)N1S(=O)(=O)c1ccc(F)cc1. The van der Waals surface area contributed by atoms with E-state index in [0.717, 1.165) is 25.0 Å². The molecule has 3 fully saturated rings. The molecule has 1 aromatic carbocycles. The summed E-state index contributed by atoms with van der Waals surface area (Å²) >= 11 is 0. The Morgan fingerprint density at radius 1 is 1.26 bits per heavy atom. The average Bonchev–Trinajstić information content (AvgIpc) is 2.84. The molecule has 0 aromatic heterocycles. The number of carbonyl (C=O) groups excluding carboxylic acids is 1. The summed E-state index contributed by atoms with van der Waals surface area (Å²) in [6, 6.07) is 4.12. The Morgan fingerprint density at radius 3 is 2.37 bits per heavy atom. The van der Waals surface area contributed by atoms with Crippen LogP contribution in [0, 0.1) is 11.7 Å². The highest BCUT2D eigenvalue weighted by Gasteiger charge is 2.57. The van der Waals surface area contributed by atoms with Gasteiger partial charge >= 0.3 is 0 Å². The van der Waals surface area contributed by atoms with Crippen LogP contribution in [-0.4, -0.2) is 30.6 Å². The van der Waals surface area contributed by atoms with Gasteiger partial charge in [-0.1, -0.05) is 0 Å². The molecule has 2 heterocycles. The number of benzene rings is 1. The number of halogens is 1. The monoisotopic (exact) mass is 283 g/mol. The van der Waals surface area contributed by atoms with Crippen LogP contribution in [-0.2, 0) is 14.8 Å². The molecule has 2 aliphatic heterocycles. The van der Waals surface area contributed by atoms with Gasteiger partial charge in [0.25, 0.3) is 0 Å². The average molecular weight is 283 g/mol. The molecule has 1 atom stereocenters. The molecule has 2 bridgehead atoms. The smallest absolute Gasteiger partial charge is 0.243 e. The van der Waals surface area contributed by atoms with E-state index in [0.29, 0.717) is 0 Å². The van der Waals surface area contributed by atoms with E-state index in [-0.39, 0.29) is 22.6 Å². The van der Waals surface area contributed by atoms with Gasteiger partial charge in [-0.2, -0.15) is 4.31 Å². The van der Waals surface area contributed by atoms with E-state index >= 15 is 0 Å². The zero-order valence-corrected chi connectivity index (χ0v) is 11.2. The van der Waals surface area contributed by atoms with Gasteiger partial charge in [-0.05, 0) is 49.9 Å². The Labute approximate surface area is 111 Å². The highest BCUT2D eigenvalue weighted by Crippen LogP contribution is 2.48. The minimum atomic E-state index is -3.71. The standard InChI is InChI=1S/C13H14FNO3S/c1-8(16)13-9-6-11(7-9)15(13)19(17,18)12-4-2-10(14)3-5-12/h2-5,9,11,13H,6-7H2,1H3/t9?,11?,13-/m1/s1. The van der Waals surface area contributed by atoms with Gasteiger partial charge in [0, 0.05) is 6.04 Å². The fraction of sp³-hybridized carbons (Fsp3) is 0.462. The number of hydrogen-bond acceptors (Lipinski definition) is 3. The number of sulfonamides is 1. The third kappa shape index (κ3) is 1.81. The number of nitrogens with zero attached hydrogens (tertiary/aromatic N) is 1. The molecule has 19 heavy (non-hydrogen) atoms. The molecule has 0 radical (unpaired) electrons. The largest absolute Gasteiger partial charge is 0.298 e. The molecule has 2 saturated heterocycles. The van der Waals surface area contributed by atoms with Gasteiger partial charge in [0.05, 0.1) is 10.9 Å². The zero-order chi connectivity index (χ0) is 13.8. The molecule has 0 spiro atoms. The number of carbonyl (C=O) groups is 1. The van der Waals surface area contributed by atoms with Crippen LogP contribution in [0.3, 0.4) is 0 Å². The fourth-order valence-electron chi connectivity index (χ4n) is 3.12. The van der Waals surface area contributed by atoms with Crippen molar-refractivity contribution < 1.29 is 17.6 Å². The Bertz CT molecular complexity index is 620. The normalized spacial score (nSPS) is 30.1. The summed E-state index contributed by atoms with van der Waals surface area (Å²) < 4.78 is 39.3. The lowest BCUT2D eigenvalue weighted by molar-refractivity contribution is -0.120. The highest BCUT2D eigenvalue weighted by atomic mass is 32.2. The summed E-state index contributed by atoms with van der Waals surface area (Å²) in [5.74, 6) is -0.443. The molecule has 0 amide bonds. The van der Waals surface area contributed by atoms with Gasteiger partial charge in [-0.3, -0.25) is 4.79 Å². The minimum Gasteiger partial charge on any atom is -0.298 e. The van der Waals surface area contributed by atoms with Crippen LogP contribution in [0.15, 0.2) is 29.2 Å². The first-order valence-electron chi connectivity index (χ1n) is 6.21. The molecule has 1 aromatic rings. The van der Waals surface area contributed by atoms with Crippen LogP contribution in [0.4, 0.5) is 4.39 Å². The summed E-state index contributed by atoms with van der Waals surface area (Å²) in [4.78, 5) is 11.7. The Balaban J connectivity index is 2.01. The molecule has 6 heteroatoms. The van der Waals surface area contributed by atoms with Crippen molar-refractivity contribution in [2.24, 2.45) is 5.92 Å². The van der Waals surface area contributed by atoms with E-state index in [1.807, 2.05) is 0 Å². The third-order valence-corrected chi connectivity index (χ3v) is 5.98. The van der Waals surface area contributed by atoms with E-state index in [2.05, 4.69) is 0 Å². The van der Waals surface area contributed by atoms with Crippen molar-refractivity contribution in [3.63, 3.8) is 0 Å². The van der Waals surface area contributed by atoms with Gasteiger partial charge in [0.1, 0.15) is 11.6 Å². The lowest BCUT2D eigenvalue weighted by atomic mass is 9.82. The number of hydrogen-bond donors (Lipinski definition) is 0. The second-order valence-electron chi connectivity index (χ2n) is 5.23. The van der Waals surface area contributed by atoms with Crippen LogP contribution in [0.25, 0.3) is 0 Å². The van der Waals surface area contributed by atoms with Crippen molar-refractivity contribution in [2.45, 2.75) is 36.7 Å². The lowest BCUT2D eigenvalue weighted by Gasteiger charge is -2.25. The summed E-state index contributed by atoms with van der Waals surface area (Å²) in [5.41, 5.74) is 0. The van der Waals surface area contributed by atoms with Crippen LogP contribution in [0.5, 0.6) is 0 Å². The second kappa shape index (κ2) is 4.11. The molecular weight excluding hydrogens is 269 g/mol. The van der Waals surface area contributed by atoms with Gasteiger partial charge in [-0.15, -0.1) is 0 Å². The predicted octanol–water partition coefficient (Wildman–Crippen LogP) is 1.57. The van der Waals surface area contributed by atoms with Gasteiger partial charge in [0.2, 0.25) is 10.0 Å². The Hall–Kier alpha value is -1.27. The quantitative estimate of drug-likeness (QED) is 0.846. The van der Waals surface area contributed by atoms with Crippen molar-refractivity contribution in [1.29, 1.82) is 0 Å². The summed E-state index contributed by atoms with van der Waals surface area (Å²) in [7, 11) is -3.71. The van der Waals surface area contributed by atoms with Crippen molar-refractivity contribution in [1.82, 2.24) is 4.31 Å². The molecule has 3 aliphatic rings. The predicted molar refractivity (Wildman–Crippen MR) is 66.4 cm³/mol. The second-order valence-corrected chi connectivity index (χ2v) is 7.07. The van der Waals surface area contributed by atoms with Crippen molar-refractivity contribution in [3.05, 3.63) is 30.1 Å². The van der Waals surface area contributed by atoms with E-state index < -0.39 is 21.9 Å². The maximum Gasteiger partial charge on any atom is 0.243 e. The van der Waals surface area contributed by atoms with Crippen LogP contribution in [0.1, 0.15) is 19.8 Å². The first-order chi connectivity index (χ1) is 8.91. The molecule has 102 valence electrons. The van der Waals surface area contributed by atoms with Gasteiger partial charge in [0.15, 0.2) is 0 Å². The first-order valence-corrected chi connectivity index (χ1v) is 7.65. The maximum atomic E-state index is 12.9. The number of rotatable bonds is 3. The summed E-state index contributed by atoms with van der Waals surface area (Å²) in [5, 5.41) is 0. The molecular formula is C13H14FNO3S. The van der Waals surface area contributed by atoms with Gasteiger partial charge in [-0.25, -0.2) is 12.8 Å². The van der Waals surface area contributed by atoms with E-state index in [1.165, 1.54) is 23.4 Å². The Morgan fingerprint density at radius 2 is 1.84 bits per heavy atom. The fourth-order valence-corrected chi connectivity index (χ4v) is 5.02. The van der Waals surface area contributed by atoms with Crippen molar-refractivity contribution >= 4 is 15.8 Å². The highest BCUT2D eigenvalue weighted by molar-refractivity contribution is 7.89. The molecule has 4 rings (SSSR count). The number of ketones is 1. The Kier molecular flexibility index (Phi) is 2.76. The van der Waals surface area contributed by atoms with E-state index in [1.54, 1.807) is 0 Å². The van der Waals surface area contributed by atoms with Crippen LogP contribution >= 0.6 is 0 Å². The minimum absolute atomic E-state index is 0.0488. The molecule has 4 nitrogen and oxygen atoms in total. The zero-order valence-electron chi connectivity index (χ0n) is 10.4. The number of fused-ring (bicyclic) bond motifs is 1. The van der Waals surface area contributed by atoms with Crippen LogP contribution < -0.4 is 0 Å². The van der Waals surface area contributed by atoms with E-state index in [9.17, 15) is 17.6 Å². The van der Waals surface area contributed by atoms with Crippen molar-refractivity contribution in [2.75, 3.05) is 0 Å². The molecule has 1 saturated carbocycles.